The second-order valence-electron chi connectivity index (χ2n) is 6.67. The molecule has 1 aliphatic carbocycles. The first-order chi connectivity index (χ1) is 12.4. The van der Waals surface area contributed by atoms with Crippen LogP contribution in [0.5, 0.6) is 0 Å². The SMILES string of the molecule is O=C1N(c2cc(Cl)cc(Cl)c2)C(=S)NC12CCCC2c1ccc(Br)cc1. The molecule has 0 aromatic heterocycles. The molecule has 0 bridgehead atoms. The normalized spacial score (nSPS) is 25.2. The third kappa shape index (κ3) is 2.95. The van der Waals surface area contributed by atoms with Crippen molar-refractivity contribution in [2.24, 2.45) is 0 Å². The number of rotatable bonds is 2. The molecule has 2 atom stereocenters. The molecule has 26 heavy (non-hydrogen) atoms. The fourth-order valence-electron chi connectivity index (χ4n) is 4.05. The second kappa shape index (κ2) is 6.79. The van der Waals surface area contributed by atoms with Crippen molar-refractivity contribution in [3.8, 4) is 0 Å². The highest BCUT2D eigenvalue weighted by atomic mass is 79.9. The fourth-order valence-corrected chi connectivity index (χ4v) is 5.20. The van der Waals surface area contributed by atoms with E-state index < -0.39 is 5.54 Å². The molecule has 1 aliphatic heterocycles. The van der Waals surface area contributed by atoms with Crippen molar-refractivity contribution >= 4 is 68.1 Å². The summed E-state index contributed by atoms with van der Waals surface area (Å²) in [5.74, 6) is 0.0342. The van der Waals surface area contributed by atoms with Gasteiger partial charge in [-0.25, -0.2) is 0 Å². The van der Waals surface area contributed by atoms with Gasteiger partial charge in [0.2, 0.25) is 0 Å². The van der Waals surface area contributed by atoms with Crippen LogP contribution in [0.3, 0.4) is 0 Å². The zero-order chi connectivity index (χ0) is 18.5. The predicted molar refractivity (Wildman–Crippen MR) is 113 cm³/mol. The maximum absolute atomic E-state index is 13.5. The van der Waals surface area contributed by atoms with Gasteiger partial charge in [-0.15, -0.1) is 0 Å². The lowest BCUT2D eigenvalue weighted by molar-refractivity contribution is -0.122. The lowest BCUT2D eigenvalue weighted by Crippen LogP contribution is -2.49. The molecule has 2 aromatic rings. The summed E-state index contributed by atoms with van der Waals surface area (Å²) in [7, 11) is 0. The Hall–Kier alpha value is -1.14. The Kier molecular flexibility index (Phi) is 4.76. The van der Waals surface area contributed by atoms with E-state index in [4.69, 9.17) is 35.4 Å². The third-order valence-corrected chi connectivity index (χ3v) is 6.40. The Labute approximate surface area is 175 Å². The zero-order valence-electron chi connectivity index (χ0n) is 13.6. The molecule has 134 valence electrons. The molecule has 1 spiro atoms. The summed E-state index contributed by atoms with van der Waals surface area (Å²) in [6, 6.07) is 13.2. The van der Waals surface area contributed by atoms with Crippen LogP contribution in [0.15, 0.2) is 46.9 Å². The number of nitrogens with one attached hydrogen (secondary N) is 1. The maximum atomic E-state index is 13.5. The summed E-state index contributed by atoms with van der Waals surface area (Å²) >= 11 is 21.2. The van der Waals surface area contributed by atoms with Crippen LogP contribution < -0.4 is 10.2 Å². The molecule has 2 aliphatic rings. The molecule has 2 unspecified atom stereocenters. The Morgan fingerprint density at radius 3 is 2.46 bits per heavy atom. The Morgan fingerprint density at radius 2 is 1.81 bits per heavy atom. The number of benzene rings is 2. The summed E-state index contributed by atoms with van der Waals surface area (Å²) < 4.78 is 1.02. The largest absolute Gasteiger partial charge is 0.347 e. The van der Waals surface area contributed by atoms with Gasteiger partial charge in [-0.3, -0.25) is 9.69 Å². The summed E-state index contributed by atoms with van der Waals surface area (Å²) in [6.45, 7) is 0. The maximum Gasteiger partial charge on any atom is 0.259 e. The van der Waals surface area contributed by atoms with Gasteiger partial charge in [0.05, 0.1) is 5.69 Å². The third-order valence-electron chi connectivity index (χ3n) is 5.15. The van der Waals surface area contributed by atoms with Gasteiger partial charge in [0.15, 0.2) is 5.11 Å². The van der Waals surface area contributed by atoms with E-state index >= 15 is 0 Å². The summed E-state index contributed by atoms with van der Waals surface area (Å²) in [5, 5.41) is 4.68. The average Bonchev–Trinajstić information content (AvgIpc) is 3.09. The van der Waals surface area contributed by atoms with E-state index in [0.717, 1.165) is 29.3 Å². The summed E-state index contributed by atoms with van der Waals surface area (Å²) in [5.41, 5.74) is 1.03. The topological polar surface area (TPSA) is 32.3 Å². The molecular formula is C19H15BrCl2N2OS. The number of carbonyl (C=O) groups excluding carboxylic acids is 1. The van der Waals surface area contributed by atoms with E-state index in [1.165, 1.54) is 4.90 Å². The smallest absolute Gasteiger partial charge is 0.259 e. The minimum atomic E-state index is -0.709. The predicted octanol–water partition coefficient (Wildman–Crippen LogP) is 5.68. The quantitative estimate of drug-likeness (QED) is 0.574. The standard InChI is InChI=1S/C19H15BrCl2N2OS/c20-12-5-3-11(4-6-12)16-2-1-7-19(16)17(25)24(18(26)23-19)15-9-13(21)8-14(22)10-15/h3-6,8-10,16H,1-2,7H2,(H,23,26). The van der Waals surface area contributed by atoms with Gasteiger partial charge in [-0.1, -0.05) is 51.3 Å². The summed E-state index contributed by atoms with van der Waals surface area (Å²) in [4.78, 5) is 15.0. The fraction of sp³-hybridized carbons (Fsp3) is 0.263. The zero-order valence-corrected chi connectivity index (χ0v) is 17.6. The van der Waals surface area contributed by atoms with Crippen molar-refractivity contribution in [1.29, 1.82) is 0 Å². The number of carbonyl (C=O) groups is 1. The lowest BCUT2D eigenvalue weighted by Gasteiger charge is -2.29. The van der Waals surface area contributed by atoms with Gasteiger partial charge in [0, 0.05) is 20.4 Å². The van der Waals surface area contributed by atoms with Crippen LogP contribution in [0.1, 0.15) is 30.7 Å². The molecule has 1 saturated carbocycles. The van der Waals surface area contributed by atoms with Crippen molar-refractivity contribution < 1.29 is 4.79 Å². The van der Waals surface area contributed by atoms with E-state index in [0.29, 0.717) is 20.8 Å². The van der Waals surface area contributed by atoms with Crippen molar-refractivity contribution in [1.82, 2.24) is 5.32 Å². The number of nitrogens with zero attached hydrogens (tertiary/aromatic N) is 1. The number of hydrogen-bond acceptors (Lipinski definition) is 2. The van der Waals surface area contributed by atoms with Crippen molar-refractivity contribution in [2.75, 3.05) is 4.90 Å². The number of halogens is 3. The molecule has 3 nitrogen and oxygen atoms in total. The Bertz CT molecular complexity index is 885. The van der Waals surface area contributed by atoms with E-state index in [-0.39, 0.29) is 11.8 Å². The minimum absolute atomic E-state index is 0.0359. The molecule has 1 saturated heterocycles. The van der Waals surface area contributed by atoms with Gasteiger partial charge in [-0.05, 0) is 67.4 Å². The van der Waals surface area contributed by atoms with E-state index in [2.05, 4.69) is 33.4 Å². The molecule has 2 aromatic carbocycles. The minimum Gasteiger partial charge on any atom is -0.347 e. The van der Waals surface area contributed by atoms with E-state index in [1.807, 2.05) is 12.1 Å². The average molecular weight is 470 g/mol. The van der Waals surface area contributed by atoms with Crippen LogP contribution in [0.2, 0.25) is 10.0 Å². The number of amides is 1. The first-order valence-electron chi connectivity index (χ1n) is 8.29. The van der Waals surface area contributed by atoms with E-state index in [9.17, 15) is 4.79 Å². The van der Waals surface area contributed by atoms with Gasteiger partial charge >= 0.3 is 0 Å². The highest BCUT2D eigenvalue weighted by Crippen LogP contribution is 2.47. The molecule has 1 heterocycles. The van der Waals surface area contributed by atoms with Crippen LogP contribution in [-0.2, 0) is 4.79 Å². The number of hydrogen-bond donors (Lipinski definition) is 1. The van der Waals surface area contributed by atoms with Crippen LogP contribution in [0, 0.1) is 0 Å². The molecule has 2 fully saturated rings. The molecule has 1 N–H and O–H groups in total. The highest BCUT2D eigenvalue weighted by Gasteiger charge is 2.57. The lowest BCUT2D eigenvalue weighted by atomic mass is 9.82. The molecule has 0 radical (unpaired) electrons. The van der Waals surface area contributed by atoms with Crippen LogP contribution >= 0.6 is 51.3 Å². The van der Waals surface area contributed by atoms with Gasteiger partial charge in [-0.2, -0.15) is 0 Å². The molecule has 7 heteroatoms. The Balaban J connectivity index is 1.74. The summed E-state index contributed by atoms with van der Waals surface area (Å²) in [6.07, 6.45) is 2.65. The van der Waals surface area contributed by atoms with Gasteiger partial charge in [0.1, 0.15) is 5.54 Å². The van der Waals surface area contributed by atoms with Crippen LogP contribution in [-0.4, -0.2) is 16.6 Å². The van der Waals surface area contributed by atoms with Crippen molar-refractivity contribution in [3.63, 3.8) is 0 Å². The second-order valence-corrected chi connectivity index (χ2v) is 8.84. The van der Waals surface area contributed by atoms with E-state index in [1.54, 1.807) is 18.2 Å². The van der Waals surface area contributed by atoms with Gasteiger partial charge in [0.25, 0.3) is 5.91 Å². The number of anilines is 1. The van der Waals surface area contributed by atoms with Crippen LogP contribution in [0.4, 0.5) is 5.69 Å². The molecule has 4 rings (SSSR count). The molecule has 1 amide bonds. The van der Waals surface area contributed by atoms with Crippen LogP contribution in [0.25, 0.3) is 0 Å². The highest BCUT2D eigenvalue weighted by molar-refractivity contribution is 9.10. The monoisotopic (exact) mass is 468 g/mol. The first kappa shape index (κ1) is 18.2. The first-order valence-corrected chi connectivity index (χ1v) is 10.2. The molecular weight excluding hydrogens is 455 g/mol. The van der Waals surface area contributed by atoms with Crippen molar-refractivity contribution in [3.05, 3.63) is 62.5 Å². The number of thiocarbonyl (C=S) groups is 1. The van der Waals surface area contributed by atoms with Gasteiger partial charge < -0.3 is 5.32 Å². The Morgan fingerprint density at radius 1 is 1.15 bits per heavy atom. The van der Waals surface area contributed by atoms with Crippen molar-refractivity contribution in [2.45, 2.75) is 30.7 Å².